The summed E-state index contributed by atoms with van der Waals surface area (Å²) in [5.74, 6) is 0.651. The Morgan fingerprint density at radius 1 is 1.23 bits per heavy atom. The van der Waals surface area contributed by atoms with E-state index in [2.05, 4.69) is 20.6 Å². The molecule has 2 heterocycles. The highest BCUT2D eigenvalue weighted by atomic mass is 32.2. The van der Waals surface area contributed by atoms with Crippen LogP contribution in [-0.2, 0) is 6.42 Å². The van der Waals surface area contributed by atoms with Crippen molar-refractivity contribution < 1.29 is 9.59 Å². The Morgan fingerprint density at radius 3 is 2.87 bits per heavy atom. The number of carbonyl (C=O) groups is 2. The smallest absolute Gasteiger partial charge is 0.244 e. The highest BCUT2D eigenvalue weighted by Crippen LogP contribution is 2.25. The molecular weight excluding hydrogens is 444 g/mol. The Kier molecular flexibility index (Phi) is 7.05. The van der Waals surface area contributed by atoms with Gasteiger partial charge in [-0.05, 0) is 48.2 Å². The maximum Gasteiger partial charge on any atom is 0.244 e. The summed E-state index contributed by atoms with van der Waals surface area (Å²) in [7, 11) is -2.25. The molecule has 4 rings (SSSR count). The van der Waals surface area contributed by atoms with Gasteiger partial charge in [0, 0.05) is 28.7 Å². The van der Waals surface area contributed by atoms with Gasteiger partial charge in [-0.3, -0.25) is 9.59 Å². The van der Waals surface area contributed by atoms with Gasteiger partial charge in [-0.2, -0.15) is 11.8 Å². The molecule has 0 unspecified atom stereocenters. The van der Waals surface area contributed by atoms with Crippen LogP contribution in [0.2, 0.25) is 6.04 Å². The molecule has 3 aromatic rings. The number of aromatic nitrogens is 1. The van der Waals surface area contributed by atoms with E-state index in [0.29, 0.717) is 16.7 Å². The van der Waals surface area contributed by atoms with E-state index in [4.69, 9.17) is 0 Å². The molecule has 3 N–H and O–H groups in total. The molecule has 6 nitrogen and oxygen atoms in total. The van der Waals surface area contributed by atoms with Crippen LogP contribution in [0.3, 0.4) is 0 Å². The molecule has 160 valence electrons. The molecule has 0 fully saturated rings. The largest absolute Gasteiger partial charge is 0.384 e. The molecule has 0 saturated carbocycles. The van der Waals surface area contributed by atoms with Gasteiger partial charge in [0.15, 0.2) is 5.13 Å². The van der Waals surface area contributed by atoms with Crippen LogP contribution in [-0.4, -0.2) is 43.9 Å². The Balaban J connectivity index is 1.44. The van der Waals surface area contributed by atoms with Crippen molar-refractivity contribution in [3.05, 3.63) is 65.0 Å². The van der Waals surface area contributed by atoms with Gasteiger partial charge in [-0.1, -0.05) is 30.3 Å². The van der Waals surface area contributed by atoms with E-state index in [1.807, 2.05) is 60.2 Å². The summed E-state index contributed by atoms with van der Waals surface area (Å²) in [4.78, 5) is 33.5. The van der Waals surface area contributed by atoms with Crippen LogP contribution in [0.4, 0.5) is 15.6 Å². The molecule has 0 aliphatic carbocycles. The number of rotatable bonds is 8. The van der Waals surface area contributed by atoms with E-state index >= 15 is 0 Å². The minimum absolute atomic E-state index is 0.112. The zero-order chi connectivity index (χ0) is 21.6. The zero-order valence-corrected chi connectivity index (χ0v) is 20.0. The van der Waals surface area contributed by atoms with Crippen molar-refractivity contribution in [2.45, 2.75) is 12.5 Å². The maximum atomic E-state index is 13.0. The number of benzene rings is 2. The molecule has 1 atom stereocenters. The lowest BCUT2D eigenvalue weighted by Gasteiger charge is -2.16. The van der Waals surface area contributed by atoms with Crippen molar-refractivity contribution in [3.63, 3.8) is 0 Å². The third-order valence-corrected chi connectivity index (χ3v) is 9.19. The van der Waals surface area contributed by atoms with E-state index in [1.54, 1.807) is 11.8 Å². The fourth-order valence-corrected chi connectivity index (χ4v) is 7.50. The van der Waals surface area contributed by atoms with Gasteiger partial charge in [0.05, 0.1) is 5.69 Å². The minimum atomic E-state index is -2.25. The van der Waals surface area contributed by atoms with Gasteiger partial charge in [-0.15, -0.1) is 11.3 Å². The molecule has 1 aromatic heterocycles. The van der Waals surface area contributed by atoms with E-state index in [9.17, 15) is 9.59 Å². The van der Waals surface area contributed by atoms with Crippen molar-refractivity contribution in [2.75, 3.05) is 29.2 Å². The number of nitrogens with one attached hydrogen (secondary N) is 3. The lowest BCUT2D eigenvalue weighted by atomic mass is 10.1. The Morgan fingerprint density at radius 2 is 2.06 bits per heavy atom. The molecule has 2 amide bonds. The molecule has 0 spiro atoms. The van der Waals surface area contributed by atoms with Crippen LogP contribution in [0, 0.1) is 0 Å². The van der Waals surface area contributed by atoms with Gasteiger partial charge in [-0.25, -0.2) is 4.98 Å². The lowest BCUT2D eigenvalue weighted by molar-refractivity contribution is 0.0979. The predicted molar refractivity (Wildman–Crippen MR) is 133 cm³/mol. The number of carbonyl (C=O) groups excluding carboxylic acids is 2. The SMILES string of the molecule is CSCC[Si@H](NC(=O)c1ccc2c(c1)CCN2)C(=O)Nc1nc(-c2ccccc2)cs1. The maximum absolute atomic E-state index is 13.0. The summed E-state index contributed by atoms with van der Waals surface area (Å²) >= 11 is 3.07. The average molecular weight is 469 g/mol. The first-order chi connectivity index (χ1) is 15.1. The number of nitrogens with zero attached hydrogens (tertiary/aromatic N) is 1. The van der Waals surface area contributed by atoms with E-state index < -0.39 is 8.96 Å². The van der Waals surface area contributed by atoms with E-state index in [0.717, 1.165) is 41.2 Å². The summed E-state index contributed by atoms with van der Waals surface area (Å²) in [5, 5.41) is 8.72. The second kappa shape index (κ2) is 10.1. The molecule has 1 aliphatic heterocycles. The quantitative estimate of drug-likeness (QED) is 0.427. The van der Waals surface area contributed by atoms with Gasteiger partial charge >= 0.3 is 0 Å². The summed E-state index contributed by atoms with van der Waals surface area (Å²) in [6.45, 7) is 0.896. The first-order valence-corrected chi connectivity index (χ1v) is 14.4. The minimum Gasteiger partial charge on any atom is -0.384 e. The Hall–Kier alpha value is -2.62. The molecule has 1 aliphatic rings. The van der Waals surface area contributed by atoms with Crippen molar-refractivity contribution in [2.24, 2.45) is 0 Å². The molecule has 31 heavy (non-hydrogen) atoms. The number of amides is 2. The van der Waals surface area contributed by atoms with Crippen LogP contribution >= 0.6 is 23.1 Å². The van der Waals surface area contributed by atoms with Crippen LogP contribution < -0.4 is 15.6 Å². The monoisotopic (exact) mass is 468 g/mol. The number of thioether (sulfide) groups is 1. The standard InChI is InChI=1S/C22H24N4O2S2Si/c1-29-11-12-31(26-20(27)17-7-8-18-16(13-17)9-10-23-18)22(28)25-21-24-19(14-30-21)15-5-3-2-4-6-15/h2-8,13-14,23,31H,9-12H2,1H3,(H,26,27)(H,24,25,28)/t31-/m0/s1. The Bertz CT molecular complexity index is 1070. The second-order valence-corrected chi connectivity index (χ2v) is 11.6. The first-order valence-electron chi connectivity index (χ1n) is 10.1. The highest BCUT2D eigenvalue weighted by Gasteiger charge is 2.25. The fourth-order valence-electron chi connectivity index (χ4n) is 3.46. The van der Waals surface area contributed by atoms with Gasteiger partial charge < -0.3 is 15.6 Å². The van der Waals surface area contributed by atoms with Crippen LogP contribution in [0.1, 0.15) is 15.9 Å². The van der Waals surface area contributed by atoms with Crippen molar-refractivity contribution in [1.29, 1.82) is 0 Å². The van der Waals surface area contributed by atoms with Gasteiger partial charge in [0.1, 0.15) is 0 Å². The van der Waals surface area contributed by atoms with E-state index in [-0.39, 0.29) is 11.4 Å². The second-order valence-electron chi connectivity index (χ2n) is 7.25. The van der Waals surface area contributed by atoms with E-state index in [1.165, 1.54) is 11.3 Å². The Labute approximate surface area is 191 Å². The molecule has 0 radical (unpaired) electrons. The van der Waals surface area contributed by atoms with Gasteiger partial charge in [0.25, 0.3) is 0 Å². The normalized spacial score (nSPS) is 13.2. The van der Waals surface area contributed by atoms with Crippen molar-refractivity contribution in [1.82, 2.24) is 9.97 Å². The number of thiazole rings is 1. The molecule has 0 saturated heterocycles. The summed E-state index contributed by atoms with van der Waals surface area (Å²) in [6, 6.07) is 16.2. The zero-order valence-electron chi connectivity index (χ0n) is 17.2. The molecule has 2 aromatic carbocycles. The molecular formula is C22H24N4O2S2Si. The predicted octanol–water partition coefficient (Wildman–Crippen LogP) is 4.41. The number of hydrogen-bond donors (Lipinski definition) is 3. The lowest BCUT2D eigenvalue weighted by Crippen LogP contribution is -2.47. The van der Waals surface area contributed by atoms with Crippen molar-refractivity contribution in [3.8, 4) is 11.3 Å². The molecule has 9 heteroatoms. The summed E-state index contributed by atoms with van der Waals surface area (Å²) in [5.41, 5.74) is 4.57. The van der Waals surface area contributed by atoms with Gasteiger partial charge in [0.2, 0.25) is 20.4 Å². The summed E-state index contributed by atoms with van der Waals surface area (Å²) < 4.78 is 0. The van der Waals surface area contributed by atoms with Crippen LogP contribution in [0.5, 0.6) is 0 Å². The molecule has 0 bridgehead atoms. The fraction of sp³-hybridized carbons (Fsp3) is 0.227. The third-order valence-electron chi connectivity index (χ3n) is 5.11. The summed E-state index contributed by atoms with van der Waals surface area (Å²) in [6.07, 6.45) is 2.92. The average Bonchev–Trinajstić information content (AvgIpc) is 3.46. The topological polar surface area (TPSA) is 83.1 Å². The van der Waals surface area contributed by atoms with Crippen molar-refractivity contribution >= 4 is 54.3 Å². The third kappa shape index (κ3) is 5.36. The first kappa shape index (κ1) is 21.6. The number of hydrogen-bond acceptors (Lipinski definition) is 6. The highest BCUT2D eigenvalue weighted by molar-refractivity contribution is 7.98. The van der Waals surface area contributed by atoms with Crippen LogP contribution in [0.25, 0.3) is 11.3 Å². The number of fused-ring (bicyclic) bond motifs is 1. The van der Waals surface area contributed by atoms with Crippen LogP contribution in [0.15, 0.2) is 53.9 Å². The number of anilines is 2.